The van der Waals surface area contributed by atoms with Crippen LogP contribution in [0.1, 0.15) is 5.56 Å². The Morgan fingerprint density at radius 1 is 1.20 bits per heavy atom. The van der Waals surface area contributed by atoms with E-state index in [1.54, 1.807) is 18.5 Å². The summed E-state index contributed by atoms with van der Waals surface area (Å²) in [5.74, 6) is 0. The molecular weight excluding hydrogens is 206 g/mol. The van der Waals surface area contributed by atoms with Crippen LogP contribution in [0.25, 0.3) is 0 Å². The first-order valence-corrected chi connectivity index (χ1v) is 5.38. The Hall–Kier alpha value is -1.55. The van der Waals surface area contributed by atoms with Gasteiger partial charge in [-0.2, -0.15) is 0 Å². The summed E-state index contributed by atoms with van der Waals surface area (Å²) < 4.78 is 0. The first kappa shape index (κ1) is 9.98. The second-order valence-corrected chi connectivity index (χ2v) is 4.19. The standard InChI is InChI=1S/C11H11N3S/c1-8-7-9(3-4-10(8)12)15-11-13-5-2-6-14-11/h2-7H,12H2,1H3. The van der Waals surface area contributed by atoms with Crippen LogP contribution in [-0.4, -0.2) is 9.97 Å². The number of anilines is 1. The topological polar surface area (TPSA) is 51.8 Å². The van der Waals surface area contributed by atoms with Gasteiger partial charge >= 0.3 is 0 Å². The van der Waals surface area contributed by atoms with Crippen molar-refractivity contribution in [2.75, 3.05) is 5.73 Å². The highest BCUT2D eigenvalue weighted by molar-refractivity contribution is 7.99. The van der Waals surface area contributed by atoms with Crippen LogP contribution in [0, 0.1) is 6.92 Å². The van der Waals surface area contributed by atoms with Crippen molar-refractivity contribution < 1.29 is 0 Å². The molecule has 0 fully saturated rings. The summed E-state index contributed by atoms with van der Waals surface area (Å²) in [6, 6.07) is 7.72. The Kier molecular flexibility index (Phi) is 2.87. The highest BCUT2D eigenvalue weighted by Gasteiger charge is 2.00. The number of aromatic nitrogens is 2. The van der Waals surface area contributed by atoms with Gasteiger partial charge in [-0.1, -0.05) is 0 Å². The molecule has 2 N–H and O–H groups in total. The van der Waals surface area contributed by atoms with Gasteiger partial charge in [0.25, 0.3) is 0 Å². The third-order valence-electron chi connectivity index (χ3n) is 1.99. The maximum atomic E-state index is 5.74. The molecule has 15 heavy (non-hydrogen) atoms. The van der Waals surface area contributed by atoms with Crippen molar-refractivity contribution in [3.05, 3.63) is 42.2 Å². The summed E-state index contributed by atoms with van der Waals surface area (Å²) in [5.41, 5.74) is 7.63. The van der Waals surface area contributed by atoms with Crippen LogP contribution in [0.15, 0.2) is 46.7 Å². The van der Waals surface area contributed by atoms with Crippen molar-refractivity contribution in [1.29, 1.82) is 0 Å². The molecule has 3 nitrogen and oxygen atoms in total. The predicted molar refractivity (Wildman–Crippen MR) is 61.7 cm³/mol. The van der Waals surface area contributed by atoms with Crippen LogP contribution >= 0.6 is 11.8 Å². The van der Waals surface area contributed by atoms with Gasteiger partial charge in [0.15, 0.2) is 5.16 Å². The van der Waals surface area contributed by atoms with E-state index in [1.807, 2.05) is 25.1 Å². The predicted octanol–water partition coefficient (Wildman–Crippen LogP) is 2.52. The molecule has 0 aliphatic rings. The van der Waals surface area contributed by atoms with Crippen LogP contribution in [-0.2, 0) is 0 Å². The number of aryl methyl sites for hydroxylation is 1. The molecule has 0 unspecified atom stereocenters. The second-order valence-electron chi connectivity index (χ2n) is 3.15. The molecule has 0 aliphatic heterocycles. The fraction of sp³-hybridized carbons (Fsp3) is 0.0909. The van der Waals surface area contributed by atoms with Crippen molar-refractivity contribution >= 4 is 17.4 Å². The largest absolute Gasteiger partial charge is 0.399 e. The molecule has 0 saturated heterocycles. The lowest BCUT2D eigenvalue weighted by molar-refractivity contribution is 0.967. The smallest absolute Gasteiger partial charge is 0.192 e. The first-order chi connectivity index (χ1) is 7.25. The van der Waals surface area contributed by atoms with E-state index in [0.717, 1.165) is 21.3 Å². The van der Waals surface area contributed by atoms with Crippen LogP contribution in [0.5, 0.6) is 0 Å². The summed E-state index contributed by atoms with van der Waals surface area (Å²) in [6.07, 6.45) is 3.47. The molecule has 1 aromatic heterocycles. The molecule has 0 spiro atoms. The molecule has 2 aromatic rings. The fourth-order valence-electron chi connectivity index (χ4n) is 1.16. The molecule has 2 rings (SSSR count). The van der Waals surface area contributed by atoms with E-state index in [0.29, 0.717) is 0 Å². The molecule has 0 atom stereocenters. The molecule has 1 aromatic carbocycles. The zero-order valence-corrected chi connectivity index (χ0v) is 9.16. The summed E-state index contributed by atoms with van der Waals surface area (Å²) in [7, 11) is 0. The summed E-state index contributed by atoms with van der Waals surface area (Å²) in [4.78, 5) is 9.40. The lowest BCUT2D eigenvalue weighted by Crippen LogP contribution is -1.89. The van der Waals surface area contributed by atoms with Crippen molar-refractivity contribution in [3.63, 3.8) is 0 Å². The normalized spacial score (nSPS) is 10.2. The van der Waals surface area contributed by atoms with Crippen molar-refractivity contribution in [3.8, 4) is 0 Å². The van der Waals surface area contributed by atoms with E-state index in [9.17, 15) is 0 Å². The highest BCUT2D eigenvalue weighted by atomic mass is 32.2. The van der Waals surface area contributed by atoms with E-state index >= 15 is 0 Å². The maximum absolute atomic E-state index is 5.74. The molecule has 1 heterocycles. The Bertz CT molecular complexity index is 457. The average molecular weight is 217 g/mol. The number of nitrogens with zero attached hydrogens (tertiary/aromatic N) is 2. The summed E-state index contributed by atoms with van der Waals surface area (Å²) >= 11 is 1.53. The lowest BCUT2D eigenvalue weighted by Gasteiger charge is -2.03. The van der Waals surface area contributed by atoms with Crippen LogP contribution in [0.4, 0.5) is 5.69 Å². The fourth-order valence-corrected chi connectivity index (χ4v) is 1.96. The number of hydrogen-bond donors (Lipinski definition) is 1. The van der Waals surface area contributed by atoms with E-state index in [1.165, 1.54) is 11.8 Å². The van der Waals surface area contributed by atoms with Crippen LogP contribution in [0.2, 0.25) is 0 Å². The Balaban J connectivity index is 2.22. The molecule has 0 saturated carbocycles. The first-order valence-electron chi connectivity index (χ1n) is 4.57. The van der Waals surface area contributed by atoms with Gasteiger partial charge in [-0.15, -0.1) is 0 Å². The van der Waals surface area contributed by atoms with E-state index in [-0.39, 0.29) is 0 Å². The number of nitrogens with two attached hydrogens (primary N) is 1. The van der Waals surface area contributed by atoms with E-state index in [4.69, 9.17) is 5.73 Å². The minimum absolute atomic E-state index is 0.752. The minimum Gasteiger partial charge on any atom is -0.399 e. The van der Waals surface area contributed by atoms with Crippen molar-refractivity contribution in [2.24, 2.45) is 0 Å². The third kappa shape index (κ3) is 2.47. The van der Waals surface area contributed by atoms with Crippen LogP contribution in [0.3, 0.4) is 0 Å². The number of benzene rings is 1. The lowest BCUT2D eigenvalue weighted by atomic mass is 10.2. The van der Waals surface area contributed by atoms with Crippen LogP contribution < -0.4 is 5.73 Å². The third-order valence-corrected chi connectivity index (χ3v) is 2.88. The molecule has 0 radical (unpaired) electrons. The van der Waals surface area contributed by atoms with Gasteiger partial charge in [-0.25, -0.2) is 9.97 Å². The van der Waals surface area contributed by atoms with Crippen molar-refractivity contribution in [1.82, 2.24) is 9.97 Å². The second kappa shape index (κ2) is 4.31. The van der Waals surface area contributed by atoms with E-state index in [2.05, 4.69) is 9.97 Å². The zero-order chi connectivity index (χ0) is 10.7. The van der Waals surface area contributed by atoms with Gasteiger partial charge in [-0.05, 0) is 48.5 Å². The van der Waals surface area contributed by atoms with Gasteiger partial charge in [0, 0.05) is 23.0 Å². The molecule has 4 heteroatoms. The summed E-state index contributed by atoms with van der Waals surface area (Å²) in [5, 5.41) is 0.752. The average Bonchev–Trinajstić information content (AvgIpc) is 2.25. The Morgan fingerprint density at radius 3 is 2.60 bits per heavy atom. The van der Waals surface area contributed by atoms with Gasteiger partial charge in [0.2, 0.25) is 0 Å². The van der Waals surface area contributed by atoms with Gasteiger partial charge in [0.1, 0.15) is 0 Å². The molecule has 0 amide bonds. The van der Waals surface area contributed by atoms with Crippen molar-refractivity contribution in [2.45, 2.75) is 17.0 Å². The monoisotopic (exact) mass is 217 g/mol. The van der Waals surface area contributed by atoms with Gasteiger partial charge in [-0.3, -0.25) is 0 Å². The number of rotatable bonds is 2. The molecular formula is C11H11N3S. The maximum Gasteiger partial charge on any atom is 0.192 e. The van der Waals surface area contributed by atoms with Gasteiger partial charge in [0.05, 0.1) is 0 Å². The highest BCUT2D eigenvalue weighted by Crippen LogP contribution is 2.26. The molecule has 0 bridgehead atoms. The zero-order valence-electron chi connectivity index (χ0n) is 8.34. The SMILES string of the molecule is Cc1cc(Sc2ncccn2)ccc1N. The molecule has 76 valence electrons. The Labute approximate surface area is 92.8 Å². The minimum atomic E-state index is 0.752. The Morgan fingerprint density at radius 2 is 1.93 bits per heavy atom. The number of nitrogen functional groups attached to an aromatic ring is 1. The number of hydrogen-bond acceptors (Lipinski definition) is 4. The summed E-state index contributed by atoms with van der Waals surface area (Å²) in [6.45, 7) is 1.99. The molecule has 0 aliphatic carbocycles. The quantitative estimate of drug-likeness (QED) is 0.620. The van der Waals surface area contributed by atoms with E-state index < -0.39 is 0 Å². The van der Waals surface area contributed by atoms with Gasteiger partial charge < -0.3 is 5.73 Å².